The van der Waals surface area contributed by atoms with Gasteiger partial charge in [0.05, 0.1) is 12.7 Å². The summed E-state index contributed by atoms with van der Waals surface area (Å²) in [7, 11) is 0.636. The van der Waals surface area contributed by atoms with E-state index in [9.17, 15) is 18.0 Å². The van der Waals surface area contributed by atoms with Gasteiger partial charge in [-0.2, -0.15) is 0 Å². The fraction of sp³-hybridized carbons (Fsp3) is 0.500. The van der Waals surface area contributed by atoms with E-state index in [0.717, 1.165) is 12.8 Å². The topological polar surface area (TPSA) is 102 Å². The maximum atomic E-state index is 12.5. The minimum atomic E-state index is -3.81. The van der Waals surface area contributed by atoms with Crippen molar-refractivity contribution in [2.75, 3.05) is 21.2 Å². The van der Waals surface area contributed by atoms with Crippen LogP contribution in [-0.4, -0.2) is 58.5 Å². The Balaban J connectivity index is 2.26. The van der Waals surface area contributed by atoms with Crippen molar-refractivity contribution in [1.29, 1.82) is 0 Å². The Kier molecular flexibility index (Phi) is 5.69. The average Bonchev–Trinajstić information content (AvgIpc) is 3.36. The van der Waals surface area contributed by atoms with Crippen molar-refractivity contribution >= 4 is 21.9 Å². The van der Waals surface area contributed by atoms with Gasteiger partial charge in [0.15, 0.2) is 6.10 Å². The Morgan fingerprint density at radius 1 is 1.28 bits per heavy atom. The van der Waals surface area contributed by atoms with Crippen molar-refractivity contribution in [3.8, 4) is 5.75 Å². The minimum absolute atomic E-state index is 0.0235. The van der Waals surface area contributed by atoms with Gasteiger partial charge in [-0.1, -0.05) is 0 Å². The molecule has 1 atom stereocenters. The number of carbonyl (C=O) groups is 2. The normalized spacial score (nSPS) is 15.4. The second-order valence-electron chi connectivity index (χ2n) is 6.04. The van der Waals surface area contributed by atoms with Crippen molar-refractivity contribution in [3.63, 3.8) is 0 Å². The number of hydrogen-bond acceptors (Lipinski definition) is 6. The maximum absolute atomic E-state index is 12.5. The molecule has 0 heterocycles. The number of likely N-dealkylation sites (N-methyl/N-ethyl adjacent to an activating group) is 1. The molecule has 1 aliphatic carbocycles. The lowest BCUT2D eigenvalue weighted by Gasteiger charge is -2.17. The van der Waals surface area contributed by atoms with Crippen LogP contribution in [0.2, 0.25) is 0 Å². The second kappa shape index (κ2) is 7.40. The van der Waals surface area contributed by atoms with Crippen molar-refractivity contribution in [1.82, 2.24) is 9.62 Å². The van der Waals surface area contributed by atoms with Crippen LogP contribution < -0.4 is 9.46 Å². The monoisotopic (exact) mass is 370 g/mol. The Morgan fingerprint density at radius 2 is 1.92 bits per heavy atom. The number of sulfonamides is 1. The number of carbonyl (C=O) groups excluding carboxylic acids is 2. The van der Waals surface area contributed by atoms with E-state index in [1.165, 1.54) is 37.1 Å². The fourth-order valence-corrected chi connectivity index (χ4v) is 3.64. The van der Waals surface area contributed by atoms with Crippen LogP contribution in [0.5, 0.6) is 5.75 Å². The molecule has 0 aliphatic heterocycles. The molecule has 1 saturated carbocycles. The molecular weight excluding hydrogens is 348 g/mol. The van der Waals surface area contributed by atoms with Crippen molar-refractivity contribution < 1.29 is 27.5 Å². The molecule has 1 aromatic carbocycles. The van der Waals surface area contributed by atoms with Crippen LogP contribution in [-0.2, 0) is 19.6 Å². The number of benzene rings is 1. The fourth-order valence-electron chi connectivity index (χ4n) is 2.14. The number of methoxy groups -OCH3 is 1. The molecule has 1 aromatic rings. The number of ether oxygens (including phenoxy) is 2. The molecule has 1 aliphatic rings. The quantitative estimate of drug-likeness (QED) is 0.711. The molecular formula is C16H22N2O6S. The molecule has 2 rings (SSSR count). The summed E-state index contributed by atoms with van der Waals surface area (Å²) < 4.78 is 37.6. The van der Waals surface area contributed by atoms with Crippen LogP contribution in [0.25, 0.3) is 0 Å². The number of hydrogen-bond donors (Lipinski definition) is 1. The lowest BCUT2D eigenvalue weighted by atomic mass is 10.2. The van der Waals surface area contributed by atoms with E-state index in [0.29, 0.717) is 0 Å². The molecule has 25 heavy (non-hydrogen) atoms. The summed E-state index contributed by atoms with van der Waals surface area (Å²) in [5.74, 6) is -1.03. The van der Waals surface area contributed by atoms with Gasteiger partial charge in [-0.05, 0) is 38.0 Å². The summed E-state index contributed by atoms with van der Waals surface area (Å²) in [6, 6.07) is 3.89. The second-order valence-corrected chi connectivity index (χ2v) is 7.72. The van der Waals surface area contributed by atoms with Gasteiger partial charge in [0.2, 0.25) is 10.0 Å². The summed E-state index contributed by atoms with van der Waals surface area (Å²) in [4.78, 5) is 25.2. The number of amides is 1. The third-order valence-corrected chi connectivity index (χ3v) is 5.20. The Labute approximate surface area is 147 Å². The predicted octanol–water partition coefficient (Wildman–Crippen LogP) is 0.769. The first kappa shape index (κ1) is 19.2. The van der Waals surface area contributed by atoms with Crippen molar-refractivity contribution in [2.24, 2.45) is 0 Å². The van der Waals surface area contributed by atoms with Gasteiger partial charge in [-0.15, -0.1) is 0 Å². The van der Waals surface area contributed by atoms with E-state index < -0.39 is 22.1 Å². The molecule has 0 spiro atoms. The van der Waals surface area contributed by atoms with Crippen molar-refractivity contribution in [2.45, 2.75) is 36.8 Å². The molecule has 1 N–H and O–H groups in total. The van der Waals surface area contributed by atoms with Gasteiger partial charge in [0, 0.05) is 20.1 Å². The maximum Gasteiger partial charge on any atom is 0.338 e. The average molecular weight is 370 g/mol. The number of esters is 1. The molecule has 0 radical (unpaired) electrons. The third kappa shape index (κ3) is 4.70. The van der Waals surface area contributed by atoms with E-state index in [1.807, 2.05) is 0 Å². The van der Waals surface area contributed by atoms with Crippen molar-refractivity contribution in [3.05, 3.63) is 23.8 Å². The highest BCUT2D eigenvalue weighted by Crippen LogP contribution is 2.28. The Bertz CT molecular complexity index is 771. The van der Waals surface area contributed by atoms with Gasteiger partial charge in [-0.25, -0.2) is 17.9 Å². The number of rotatable bonds is 7. The zero-order valence-corrected chi connectivity index (χ0v) is 15.4. The van der Waals surface area contributed by atoms with Gasteiger partial charge in [0.25, 0.3) is 5.91 Å². The molecule has 9 heteroatoms. The summed E-state index contributed by atoms with van der Waals surface area (Å²) in [6.07, 6.45) is 0.593. The first-order valence-corrected chi connectivity index (χ1v) is 9.26. The van der Waals surface area contributed by atoms with Crippen LogP contribution >= 0.6 is 0 Å². The van der Waals surface area contributed by atoms with Crippen LogP contribution in [0, 0.1) is 0 Å². The van der Waals surface area contributed by atoms with Gasteiger partial charge >= 0.3 is 5.97 Å². The SMILES string of the molecule is COc1ccc(C(=O)O[C@@H](C)C(=O)N(C)C)cc1S(=O)(=O)NC1CC1. The number of nitrogens with zero attached hydrogens (tertiary/aromatic N) is 1. The summed E-state index contributed by atoms with van der Waals surface area (Å²) >= 11 is 0. The standard InChI is InChI=1S/C16H22N2O6S/c1-10(15(19)18(2)3)24-16(20)11-5-8-13(23-4)14(9-11)25(21,22)17-12-6-7-12/h5,8-10,12,17H,6-7H2,1-4H3/t10-/m0/s1. The Hall–Kier alpha value is -2.13. The minimum Gasteiger partial charge on any atom is -0.495 e. The summed E-state index contributed by atoms with van der Waals surface area (Å²) in [6.45, 7) is 1.45. The molecule has 8 nitrogen and oxygen atoms in total. The van der Waals surface area contributed by atoms with Crippen LogP contribution in [0.3, 0.4) is 0 Å². The summed E-state index contributed by atoms with van der Waals surface area (Å²) in [5, 5.41) is 0. The van der Waals surface area contributed by atoms with Crippen LogP contribution in [0.15, 0.2) is 23.1 Å². The molecule has 0 saturated heterocycles. The lowest BCUT2D eigenvalue weighted by molar-refractivity contribution is -0.137. The zero-order valence-electron chi connectivity index (χ0n) is 14.6. The molecule has 1 amide bonds. The van der Waals surface area contributed by atoms with E-state index in [1.54, 1.807) is 14.1 Å². The van der Waals surface area contributed by atoms with E-state index >= 15 is 0 Å². The third-order valence-electron chi connectivity index (χ3n) is 3.66. The van der Waals surface area contributed by atoms with E-state index in [-0.39, 0.29) is 28.2 Å². The largest absolute Gasteiger partial charge is 0.495 e. The zero-order chi connectivity index (χ0) is 18.8. The van der Waals surface area contributed by atoms with E-state index in [2.05, 4.69) is 4.72 Å². The van der Waals surface area contributed by atoms with Gasteiger partial charge in [0.1, 0.15) is 10.6 Å². The summed E-state index contributed by atoms with van der Waals surface area (Å²) in [5.41, 5.74) is 0.0235. The molecule has 0 bridgehead atoms. The highest BCUT2D eigenvalue weighted by molar-refractivity contribution is 7.89. The highest BCUT2D eigenvalue weighted by Gasteiger charge is 2.31. The van der Waals surface area contributed by atoms with Gasteiger partial charge in [-0.3, -0.25) is 4.79 Å². The number of nitrogens with one attached hydrogen (secondary N) is 1. The highest BCUT2D eigenvalue weighted by atomic mass is 32.2. The van der Waals surface area contributed by atoms with E-state index in [4.69, 9.17) is 9.47 Å². The first-order chi connectivity index (χ1) is 11.7. The molecule has 1 fully saturated rings. The first-order valence-electron chi connectivity index (χ1n) is 7.78. The van der Waals surface area contributed by atoms with Gasteiger partial charge < -0.3 is 14.4 Å². The molecule has 0 aromatic heterocycles. The molecule has 0 unspecified atom stereocenters. The molecule has 138 valence electrons. The van der Waals surface area contributed by atoms with Crippen LogP contribution in [0.1, 0.15) is 30.1 Å². The predicted molar refractivity (Wildman–Crippen MR) is 89.9 cm³/mol. The lowest BCUT2D eigenvalue weighted by Crippen LogP contribution is -2.35. The smallest absolute Gasteiger partial charge is 0.338 e. The Morgan fingerprint density at radius 3 is 2.44 bits per heavy atom. The van der Waals surface area contributed by atoms with Crippen LogP contribution in [0.4, 0.5) is 0 Å².